The number of benzene rings is 1. The number of phenols is 1. The van der Waals surface area contributed by atoms with Crippen LogP contribution in [0.25, 0.3) is 0 Å². The van der Waals surface area contributed by atoms with Crippen molar-refractivity contribution < 1.29 is 10.2 Å². The summed E-state index contributed by atoms with van der Waals surface area (Å²) < 4.78 is 0.713. The first-order valence-electron chi connectivity index (χ1n) is 5.03. The predicted molar refractivity (Wildman–Crippen MR) is 63.0 cm³/mol. The minimum atomic E-state index is -0.190. The van der Waals surface area contributed by atoms with Crippen LogP contribution in [0.5, 0.6) is 5.75 Å². The fourth-order valence-corrected chi connectivity index (χ4v) is 3.06. The molecule has 2 rings (SSSR count). The Labute approximate surface area is 98.1 Å². The first-order chi connectivity index (χ1) is 6.94. The van der Waals surface area contributed by atoms with E-state index < -0.39 is 0 Å². The Hall–Kier alpha value is -0.540. The Kier molecular flexibility index (Phi) is 2.36. The summed E-state index contributed by atoms with van der Waals surface area (Å²) >= 11 is 3.39. The zero-order valence-electron chi connectivity index (χ0n) is 8.92. The molecule has 1 atom stereocenters. The summed E-state index contributed by atoms with van der Waals surface area (Å²) in [5.74, 6) is 0.239. The molecule has 0 heterocycles. The van der Waals surface area contributed by atoms with Gasteiger partial charge in [0.25, 0.3) is 0 Å². The van der Waals surface area contributed by atoms with E-state index in [1.54, 1.807) is 6.07 Å². The Morgan fingerprint density at radius 2 is 2.00 bits per heavy atom. The summed E-state index contributed by atoms with van der Waals surface area (Å²) in [7, 11) is 0. The van der Waals surface area contributed by atoms with Crippen LogP contribution < -0.4 is 0 Å². The maximum absolute atomic E-state index is 9.63. The first kappa shape index (κ1) is 11.0. The van der Waals surface area contributed by atoms with Crippen LogP contribution >= 0.6 is 15.9 Å². The van der Waals surface area contributed by atoms with E-state index in [0.29, 0.717) is 4.47 Å². The van der Waals surface area contributed by atoms with Crippen LogP contribution in [0.2, 0.25) is 0 Å². The van der Waals surface area contributed by atoms with Crippen molar-refractivity contribution in [2.45, 2.75) is 25.7 Å². The molecule has 1 fully saturated rings. The molecule has 0 radical (unpaired) electrons. The standard InChI is InChI=1S/C12H15BrO2/c1-11(2)6-12(11,7-14)8-4-3-5-9(15)10(8)13/h3-5,14-15H,6-7H2,1-2H3. The summed E-state index contributed by atoms with van der Waals surface area (Å²) in [5.41, 5.74) is 0.929. The van der Waals surface area contributed by atoms with Crippen molar-refractivity contribution in [2.24, 2.45) is 5.41 Å². The molecule has 1 aliphatic rings. The second-order valence-corrected chi connectivity index (χ2v) is 5.73. The Morgan fingerprint density at radius 1 is 1.40 bits per heavy atom. The smallest absolute Gasteiger partial charge is 0.130 e. The highest BCUT2D eigenvalue weighted by Crippen LogP contribution is 2.65. The largest absolute Gasteiger partial charge is 0.507 e. The normalized spacial score (nSPS) is 27.7. The average molecular weight is 271 g/mol. The molecule has 0 amide bonds. The van der Waals surface area contributed by atoms with Crippen LogP contribution in [0.15, 0.2) is 22.7 Å². The van der Waals surface area contributed by atoms with Gasteiger partial charge in [-0.15, -0.1) is 0 Å². The zero-order chi connectivity index (χ0) is 11.3. The van der Waals surface area contributed by atoms with Crippen LogP contribution in [-0.4, -0.2) is 16.8 Å². The number of hydrogen-bond donors (Lipinski definition) is 2. The van der Waals surface area contributed by atoms with Gasteiger partial charge in [-0.25, -0.2) is 0 Å². The fraction of sp³-hybridized carbons (Fsp3) is 0.500. The van der Waals surface area contributed by atoms with Gasteiger partial charge in [-0.3, -0.25) is 0 Å². The summed E-state index contributed by atoms with van der Waals surface area (Å²) in [5, 5.41) is 19.2. The highest BCUT2D eigenvalue weighted by Gasteiger charge is 2.62. The summed E-state index contributed by atoms with van der Waals surface area (Å²) in [4.78, 5) is 0. The number of aliphatic hydroxyl groups excluding tert-OH is 1. The van der Waals surface area contributed by atoms with Crippen molar-refractivity contribution >= 4 is 15.9 Å². The molecule has 1 aromatic rings. The number of hydrogen-bond acceptors (Lipinski definition) is 2. The molecule has 1 unspecified atom stereocenters. The summed E-state index contributed by atoms with van der Waals surface area (Å²) in [6.45, 7) is 4.40. The molecule has 0 aromatic heterocycles. The van der Waals surface area contributed by atoms with E-state index in [9.17, 15) is 10.2 Å². The van der Waals surface area contributed by atoms with Crippen molar-refractivity contribution in [3.63, 3.8) is 0 Å². The van der Waals surface area contributed by atoms with Gasteiger partial charge in [0, 0.05) is 5.41 Å². The molecular formula is C12H15BrO2. The lowest BCUT2D eigenvalue weighted by Gasteiger charge is -2.20. The lowest BCUT2D eigenvalue weighted by molar-refractivity contribution is 0.230. The second-order valence-electron chi connectivity index (χ2n) is 4.94. The van der Waals surface area contributed by atoms with E-state index in [1.165, 1.54) is 0 Å². The van der Waals surface area contributed by atoms with Gasteiger partial charge in [0.05, 0.1) is 11.1 Å². The van der Waals surface area contributed by atoms with Gasteiger partial charge >= 0.3 is 0 Å². The van der Waals surface area contributed by atoms with Crippen LogP contribution in [0.4, 0.5) is 0 Å². The molecular weight excluding hydrogens is 256 g/mol. The lowest BCUT2D eigenvalue weighted by Crippen LogP contribution is -2.19. The van der Waals surface area contributed by atoms with E-state index in [1.807, 2.05) is 12.1 Å². The van der Waals surface area contributed by atoms with E-state index in [-0.39, 0.29) is 23.2 Å². The molecule has 0 spiro atoms. The molecule has 1 aromatic carbocycles. The molecule has 1 aliphatic carbocycles. The minimum Gasteiger partial charge on any atom is -0.507 e. The molecule has 0 aliphatic heterocycles. The zero-order valence-corrected chi connectivity index (χ0v) is 10.5. The third-order valence-corrected chi connectivity index (χ3v) is 4.51. The van der Waals surface area contributed by atoms with Crippen molar-refractivity contribution in [1.82, 2.24) is 0 Å². The van der Waals surface area contributed by atoms with Gasteiger partial charge in [-0.1, -0.05) is 26.0 Å². The minimum absolute atomic E-state index is 0.109. The number of aliphatic hydroxyl groups is 1. The van der Waals surface area contributed by atoms with Gasteiger partial charge in [0.15, 0.2) is 0 Å². The molecule has 2 N–H and O–H groups in total. The van der Waals surface area contributed by atoms with E-state index >= 15 is 0 Å². The molecule has 1 saturated carbocycles. The number of aromatic hydroxyl groups is 1. The van der Waals surface area contributed by atoms with Crippen molar-refractivity contribution in [1.29, 1.82) is 0 Å². The SMILES string of the molecule is CC1(C)CC1(CO)c1cccc(O)c1Br. The lowest BCUT2D eigenvalue weighted by atomic mass is 9.88. The van der Waals surface area contributed by atoms with Crippen LogP contribution in [-0.2, 0) is 5.41 Å². The van der Waals surface area contributed by atoms with Crippen molar-refractivity contribution in [3.8, 4) is 5.75 Å². The monoisotopic (exact) mass is 270 g/mol. The maximum Gasteiger partial charge on any atom is 0.130 e. The fourth-order valence-electron chi connectivity index (χ4n) is 2.41. The maximum atomic E-state index is 9.63. The van der Waals surface area contributed by atoms with Crippen LogP contribution in [0.1, 0.15) is 25.8 Å². The Morgan fingerprint density at radius 3 is 2.47 bits per heavy atom. The summed E-state index contributed by atoms with van der Waals surface area (Å²) in [6, 6.07) is 5.43. The predicted octanol–water partition coefficient (Wildman–Crippen LogP) is 2.81. The summed E-state index contributed by atoms with van der Waals surface area (Å²) in [6.07, 6.45) is 0.957. The van der Waals surface area contributed by atoms with Crippen molar-refractivity contribution in [3.05, 3.63) is 28.2 Å². The second kappa shape index (κ2) is 3.22. The van der Waals surface area contributed by atoms with Gasteiger partial charge in [-0.2, -0.15) is 0 Å². The molecule has 15 heavy (non-hydrogen) atoms. The molecule has 0 bridgehead atoms. The molecule has 3 heteroatoms. The quantitative estimate of drug-likeness (QED) is 0.868. The van der Waals surface area contributed by atoms with Crippen LogP contribution in [0, 0.1) is 5.41 Å². The molecule has 2 nitrogen and oxygen atoms in total. The first-order valence-corrected chi connectivity index (χ1v) is 5.83. The van der Waals surface area contributed by atoms with Gasteiger partial charge in [0.2, 0.25) is 0 Å². The number of rotatable bonds is 2. The van der Waals surface area contributed by atoms with E-state index in [2.05, 4.69) is 29.8 Å². The van der Waals surface area contributed by atoms with Crippen LogP contribution in [0.3, 0.4) is 0 Å². The number of phenolic OH excluding ortho intramolecular Hbond substituents is 1. The Balaban J connectivity index is 2.51. The third kappa shape index (κ3) is 1.41. The van der Waals surface area contributed by atoms with Gasteiger partial charge < -0.3 is 10.2 Å². The average Bonchev–Trinajstić information content (AvgIpc) is 2.74. The van der Waals surface area contributed by atoms with E-state index in [4.69, 9.17) is 0 Å². The number of halogens is 1. The van der Waals surface area contributed by atoms with E-state index in [0.717, 1.165) is 12.0 Å². The highest BCUT2D eigenvalue weighted by atomic mass is 79.9. The Bertz CT molecular complexity index is 401. The highest BCUT2D eigenvalue weighted by molar-refractivity contribution is 9.10. The van der Waals surface area contributed by atoms with Gasteiger partial charge in [0.1, 0.15) is 5.75 Å². The topological polar surface area (TPSA) is 40.5 Å². The molecule has 0 saturated heterocycles. The molecule has 82 valence electrons. The van der Waals surface area contributed by atoms with Crippen molar-refractivity contribution in [2.75, 3.05) is 6.61 Å². The third-order valence-electron chi connectivity index (χ3n) is 3.68. The van der Waals surface area contributed by atoms with Gasteiger partial charge in [-0.05, 0) is 39.4 Å².